The molecule has 0 aliphatic carbocycles. The molecule has 0 saturated carbocycles. The van der Waals surface area contributed by atoms with Gasteiger partial charge in [-0.15, -0.1) is 5.10 Å². The molecule has 0 aromatic carbocycles. The first kappa shape index (κ1) is 26.8. The fourth-order valence-corrected chi connectivity index (χ4v) is 3.28. The molecule has 13 nitrogen and oxygen atoms in total. The number of phosphoric ester groups is 1. The van der Waals surface area contributed by atoms with Gasteiger partial charge in [-0.3, -0.25) is 19.0 Å². The summed E-state index contributed by atoms with van der Waals surface area (Å²) in [6.07, 6.45) is 5.90. The second-order valence-corrected chi connectivity index (χ2v) is 8.25. The van der Waals surface area contributed by atoms with Crippen molar-refractivity contribution < 1.29 is 62.1 Å². The Balaban J connectivity index is 0.00000342. The molecule has 1 atom stereocenters. The van der Waals surface area contributed by atoms with Crippen LogP contribution in [-0.4, -0.2) is 51.4 Å². The van der Waals surface area contributed by atoms with Crippen LogP contribution >= 0.6 is 7.82 Å². The Morgan fingerprint density at radius 3 is 2.77 bits per heavy atom. The van der Waals surface area contributed by atoms with E-state index in [1.165, 1.54) is 18.5 Å². The number of amides is 1. The minimum absolute atomic E-state index is 0. The number of hydrogen-bond acceptors (Lipinski definition) is 10. The van der Waals surface area contributed by atoms with E-state index in [1.54, 1.807) is 42.4 Å². The zero-order valence-electron chi connectivity index (χ0n) is 19.2. The largest absolute Gasteiger partial charge is 1.00 e. The topological polar surface area (TPSA) is 159 Å². The molecule has 1 amide bonds. The van der Waals surface area contributed by atoms with Crippen LogP contribution in [0.15, 0.2) is 59.5 Å². The number of aromatic nitrogens is 5. The van der Waals surface area contributed by atoms with E-state index in [4.69, 9.17) is 9.15 Å². The Morgan fingerprint density at radius 2 is 2.06 bits per heavy atom. The van der Waals surface area contributed by atoms with Crippen LogP contribution in [0, 0.1) is 0 Å². The first-order chi connectivity index (χ1) is 16.4. The summed E-state index contributed by atoms with van der Waals surface area (Å²) in [6, 6.07) is 8.42. The van der Waals surface area contributed by atoms with E-state index in [2.05, 4.69) is 29.6 Å². The fourth-order valence-electron chi connectivity index (χ4n) is 2.92. The second-order valence-electron chi connectivity index (χ2n) is 6.82. The maximum Gasteiger partial charge on any atom is 1.00 e. The molecule has 0 fully saturated rings. The molecule has 0 aliphatic rings. The number of nitrogens with one attached hydrogen (secondary N) is 1. The van der Waals surface area contributed by atoms with Crippen molar-refractivity contribution in [3.63, 3.8) is 0 Å². The van der Waals surface area contributed by atoms with Crippen LogP contribution < -0.4 is 44.4 Å². The molecule has 0 spiro atoms. The first-order valence-electron chi connectivity index (χ1n) is 9.89. The van der Waals surface area contributed by atoms with Gasteiger partial charge in [0.15, 0.2) is 5.76 Å². The number of ether oxygens (including phenoxy) is 1. The summed E-state index contributed by atoms with van der Waals surface area (Å²) in [6.45, 7) is 0.935. The third kappa shape index (κ3) is 6.67. The molecule has 1 unspecified atom stereocenters. The average Bonchev–Trinajstić information content (AvgIpc) is 3.58. The van der Waals surface area contributed by atoms with Crippen LogP contribution in [0.3, 0.4) is 0 Å². The van der Waals surface area contributed by atoms with Crippen molar-refractivity contribution in [2.75, 3.05) is 26.1 Å². The number of furan rings is 1. The number of hydrogen-bond donors (Lipinski definition) is 1. The van der Waals surface area contributed by atoms with Gasteiger partial charge < -0.3 is 28.5 Å². The number of methoxy groups -OCH3 is 1. The smallest absolute Gasteiger partial charge is 0.745 e. The van der Waals surface area contributed by atoms with Crippen molar-refractivity contribution in [2.24, 2.45) is 0 Å². The van der Waals surface area contributed by atoms with Gasteiger partial charge in [-0.1, -0.05) is 10.9 Å². The van der Waals surface area contributed by atoms with E-state index in [1.807, 2.05) is 6.07 Å². The summed E-state index contributed by atoms with van der Waals surface area (Å²) in [5, 5.41) is 11.1. The van der Waals surface area contributed by atoms with Gasteiger partial charge in [0.25, 0.3) is 5.91 Å². The summed E-state index contributed by atoms with van der Waals surface area (Å²) in [5.74, 6) is -0.215. The summed E-state index contributed by atoms with van der Waals surface area (Å²) in [7, 11) is -1.96. The van der Waals surface area contributed by atoms with E-state index in [0.29, 0.717) is 40.6 Å². The number of phosphoric acid groups is 1. The number of carbonyl (C=O) groups is 1. The van der Waals surface area contributed by atoms with Gasteiger partial charge in [0.1, 0.15) is 11.5 Å². The van der Waals surface area contributed by atoms with Gasteiger partial charge >= 0.3 is 37.4 Å². The third-order valence-electron chi connectivity index (χ3n) is 4.52. The summed E-state index contributed by atoms with van der Waals surface area (Å²) in [4.78, 5) is 29.3. The van der Waals surface area contributed by atoms with Crippen LogP contribution in [0.2, 0.25) is 0 Å². The number of pyridine rings is 1. The average molecular weight is 510 g/mol. The van der Waals surface area contributed by atoms with E-state index >= 15 is 0 Å². The summed E-state index contributed by atoms with van der Waals surface area (Å²) < 4.78 is 32.6. The van der Waals surface area contributed by atoms with Crippen molar-refractivity contribution in [3.8, 4) is 22.7 Å². The molecule has 0 bridgehead atoms. The van der Waals surface area contributed by atoms with Gasteiger partial charge in [0.05, 0.1) is 42.5 Å². The predicted molar refractivity (Wildman–Crippen MR) is 116 cm³/mol. The predicted octanol–water partition coefficient (Wildman–Crippen LogP) is -1.15. The Bertz CT molecular complexity index is 1320. The number of rotatable bonds is 10. The van der Waals surface area contributed by atoms with Crippen molar-refractivity contribution in [1.82, 2.24) is 24.7 Å². The quantitative estimate of drug-likeness (QED) is 0.204. The van der Waals surface area contributed by atoms with Crippen LogP contribution in [0.25, 0.3) is 22.7 Å². The molecule has 35 heavy (non-hydrogen) atoms. The molecule has 4 aromatic heterocycles. The maximum atomic E-state index is 12.9. The monoisotopic (exact) mass is 510 g/mol. The Labute approximate surface area is 221 Å². The van der Waals surface area contributed by atoms with Crippen molar-refractivity contribution >= 4 is 19.4 Å². The molecule has 0 radical (unpaired) electrons. The zero-order valence-corrected chi connectivity index (χ0v) is 22.0. The minimum Gasteiger partial charge on any atom is -0.745 e. The molecular weight excluding hydrogens is 490 g/mol. The van der Waals surface area contributed by atoms with Crippen molar-refractivity contribution in [1.29, 1.82) is 0 Å². The standard InChI is InChI=1S/C20H21N6O7P.Na/c1-30-10-9-25-13-16(19(24-25)15-5-3-4-8-21-15)23-20(27)18-7-6-17(32-18)14-11-22-26(12-14)33-34(28,29)31-2;/h3-8,11-13H,9-10H2,1-2H3,(H,23,27)(H,28,29);/q;+1/p-1. The summed E-state index contributed by atoms with van der Waals surface area (Å²) in [5.41, 5.74) is 1.92. The molecule has 4 heterocycles. The van der Waals surface area contributed by atoms with Gasteiger partial charge in [0.2, 0.25) is 0 Å². The fraction of sp³-hybridized carbons (Fsp3) is 0.200. The molecule has 178 valence electrons. The number of nitrogens with zero attached hydrogens (tertiary/aromatic N) is 5. The molecule has 4 aromatic rings. The van der Waals surface area contributed by atoms with Crippen LogP contribution in [0.4, 0.5) is 5.69 Å². The number of carbonyl (C=O) groups excluding carboxylic acids is 1. The molecule has 4 rings (SSSR count). The summed E-state index contributed by atoms with van der Waals surface area (Å²) >= 11 is 0. The molecule has 0 saturated heterocycles. The molecule has 0 aliphatic heterocycles. The number of anilines is 1. The minimum atomic E-state index is -4.52. The molecule has 1 N–H and O–H groups in total. The second kappa shape index (κ2) is 11.8. The molecular formula is C20H20N6NaO7P. The van der Waals surface area contributed by atoms with E-state index < -0.39 is 13.7 Å². The van der Waals surface area contributed by atoms with Gasteiger partial charge in [-0.25, -0.2) is 0 Å². The van der Waals surface area contributed by atoms with E-state index in [0.717, 1.165) is 7.11 Å². The Kier molecular flexibility index (Phi) is 9.03. The van der Waals surface area contributed by atoms with E-state index in [9.17, 15) is 14.3 Å². The maximum absolute atomic E-state index is 12.9. The van der Waals surface area contributed by atoms with Crippen LogP contribution in [0.1, 0.15) is 10.6 Å². The SMILES string of the molecule is COCCn1cc(NC(=O)c2ccc(-c3cnn(OP(=O)([O-])OC)c3)o2)c(-c2ccccn2)n1.[Na+]. The van der Waals surface area contributed by atoms with Gasteiger partial charge in [-0.05, 0) is 24.3 Å². The normalized spacial score (nSPS) is 12.5. The first-order valence-corrected chi connectivity index (χ1v) is 11.4. The zero-order chi connectivity index (χ0) is 24.1. The van der Waals surface area contributed by atoms with Crippen molar-refractivity contribution in [3.05, 3.63) is 60.9 Å². The van der Waals surface area contributed by atoms with Gasteiger partial charge in [0, 0.05) is 26.6 Å². The van der Waals surface area contributed by atoms with Crippen LogP contribution in [-0.2, 0) is 20.4 Å². The van der Waals surface area contributed by atoms with E-state index in [-0.39, 0.29) is 41.1 Å². The third-order valence-corrected chi connectivity index (χ3v) is 5.34. The van der Waals surface area contributed by atoms with Crippen molar-refractivity contribution in [2.45, 2.75) is 6.54 Å². The van der Waals surface area contributed by atoms with Gasteiger partial charge in [-0.2, -0.15) is 5.10 Å². The molecule has 15 heteroatoms. The Hall–Kier alpha value is -2.77. The van der Waals surface area contributed by atoms with Crippen LogP contribution in [0.5, 0.6) is 0 Å². The Morgan fingerprint density at radius 1 is 1.23 bits per heavy atom.